The molecule has 0 aliphatic heterocycles. The van der Waals surface area contributed by atoms with Crippen LogP contribution in [0.4, 0.5) is 11.4 Å². The zero-order valence-corrected chi connectivity index (χ0v) is 17.1. The van der Waals surface area contributed by atoms with Crippen LogP contribution in [0.15, 0.2) is 77.0 Å². The van der Waals surface area contributed by atoms with E-state index >= 15 is 0 Å². The molecule has 7 nitrogen and oxygen atoms in total. The highest BCUT2D eigenvalue weighted by atomic mass is 32.2. The summed E-state index contributed by atoms with van der Waals surface area (Å²) in [6.45, 7) is 1.57. The van der Waals surface area contributed by atoms with Gasteiger partial charge in [0.2, 0.25) is 5.91 Å². The summed E-state index contributed by atoms with van der Waals surface area (Å²) in [5.41, 5.74) is 0.711. The molecule has 150 valence electrons. The van der Waals surface area contributed by atoms with Crippen molar-refractivity contribution >= 4 is 44.5 Å². The van der Waals surface area contributed by atoms with E-state index in [0.717, 1.165) is 0 Å². The Labute approximate surface area is 172 Å². The topological polar surface area (TPSA) is 104 Å². The largest absolute Gasteiger partial charge is 0.340 e. The number of rotatable bonds is 7. The van der Waals surface area contributed by atoms with Gasteiger partial charge in [0.15, 0.2) is 0 Å². The highest BCUT2D eigenvalue weighted by Crippen LogP contribution is 2.19. The Balaban J connectivity index is 1.65. The van der Waals surface area contributed by atoms with Crippen LogP contribution in [0.5, 0.6) is 0 Å². The number of carbonyl (C=O) groups excluding carboxylic acids is 2. The Morgan fingerprint density at radius 2 is 1.66 bits per heavy atom. The molecule has 0 spiro atoms. The van der Waals surface area contributed by atoms with Gasteiger partial charge in [-0.15, -0.1) is 11.3 Å². The summed E-state index contributed by atoms with van der Waals surface area (Å²) < 4.78 is 27.3. The molecule has 1 aromatic heterocycles. The third kappa shape index (κ3) is 5.43. The van der Waals surface area contributed by atoms with Crippen molar-refractivity contribution in [2.24, 2.45) is 0 Å². The molecule has 0 saturated carbocycles. The van der Waals surface area contributed by atoms with E-state index in [2.05, 4.69) is 15.4 Å². The molecule has 0 aliphatic carbocycles. The number of carbonyl (C=O) groups is 2. The van der Waals surface area contributed by atoms with Crippen LogP contribution in [0.25, 0.3) is 0 Å². The van der Waals surface area contributed by atoms with Crippen LogP contribution in [0, 0.1) is 0 Å². The molecule has 1 unspecified atom stereocenters. The van der Waals surface area contributed by atoms with E-state index in [0.29, 0.717) is 16.3 Å². The van der Waals surface area contributed by atoms with Gasteiger partial charge in [-0.2, -0.15) is 0 Å². The molecule has 0 fully saturated rings. The van der Waals surface area contributed by atoms with Crippen molar-refractivity contribution in [3.05, 3.63) is 77.0 Å². The van der Waals surface area contributed by atoms with Gasteiger partial charge >= 0.3 is 0 Å². The van der Waals surface area contributed by atoms with Crippen molar-refractivity contribution in [1.82, 2.24) is 5.32 Å². The first-order chi connectivity index (χ1) is 13.8. The van der Waals surface area contributed by atoms with Crippen molar-refractivity contribution in [3.63, 3.8) is 0 Å². The quantitative estimate of drug-likeness (QED) is 0.536. The number of hydrogen-bond acceptors (Lipinski definition) is 5. The van der Waals surface area contributed by atoms with Gasteiger partial charge < -0.3 is 10.6 Å². The molecular weight excluding hydrogens is 410 g/mol. The molecule has 3 rings (SSSR count). The molecule has 0 radical (unpaired) electrons. The number of benzene rings is 2. The van der Waals surface area contributed by atoms with Gasteiger partial charge in [-0.1, -0.05) is 30.3 Å². The van der Waals surface area contributed by atoms with E-state index < -0.39 is 22.0 Å². The fourth-order valence-corrected chi connectivity index (χ4v) is 4.16. The van der Waals surface area contributed by atoms with Crippen molar-refractivity contribution < 1.29 is 18.0 Å². The third-order valence-electron chi connectivity index (χ3n) is 3.92. The Hall–Kier alpha value is -3.17. The molecule has 1 atom stereocenters. The first kappa shape index (κ1) is 20.6. The summed E-state index contributed by atoms with van der Waals surface area (Å²) >= 11 is 1.29. The number of amides is 2. The van der Waals surface area contributed by atoms with Gasteiger partial charge in [0.1, 0.15) is 6.04 Å². The molecule has 0 saturated heterocycles. The van der Waals surface area contributed by atoms with E-state index in [9.17, 15) is 18.0 Å². The second kappa shape index (κ2) is 8.89. The predicted molar refractivity (Wildman–Crippen MR) is 114 cm³/mol. The summed E-state index contributed by atoms with van der Waals surface area (Å²) in [6, 6.07) is 17.0. The van der Waals surface area contributed by atoms with Crippen LogP contribution in [0.1, 0.15) is 16.6 Å². The lowest BCUT2D eigenvalue weighted by Crippen LogP contribution is -2.41. The normalized spacial score (nSPS) is 12.0. The smallest absolute Gasteiger partial charge is 0.261 e. The molecule has 1 heterocycles. The summed E-state index contributed by atoms with van der Waals surface area (Å²) in [5.74, 6) is -0.745. The second-order valence-electron chi connectivity index (χ2n) is 6.16. The summed E-state index contributed by atoms with van der Waals surface area (Å²) in [7, 11) is -3.73. The third-order valence-corrected chi connectivity index (χ3v) is 6.19. The van der Waals surface area contributed by atoms with Crippen LogP contribution in [-0.2, 0) is 14.8 Å². The van der Waals surface area contributed by atoms with Crippen molar-refractivity contribution in [2.75, 3.05) is 10.0 Å². The maximum Gasteiger partial charge on any atom is 0.261 e. The molecular formula is C20H19N3O4S2. The standard InChI is InChI=1S/C20H19N3O4S2/c1-14(21-20(25)18-11-6-12-28-18)19(24)22-15-7-5-8-16(13-15)23-29(26,27)17-9-3-2-4-10-17/h2-14,23H,1H3,(H,21,25)(H,22,24). The van der Waals surface area contributed by atoms with E-state index in [1.165, 1.54) is 29.5 Å². The highest BCUT2D eigenvalue weighted by molar-refractivity contribution is 7.92. The van der Waals surface area contributed by atoms with Gasteiger partial charge in [-0.3, -0.25) is 14.3 Å². The average molecular weight is 430 g/mol. The van der Waals surface area contributed by atoms with Crippen LogP contribution in [0.3, 0.4) is 0 Å². The monoisotopic (exact) mass is 429 g/mol. The van der Waals surface area contributed by atoms with Crippen LogP contribution >= 0.6 is 11.3 Å². The summed E-state index contributed by atoms with van der Waals surface area (Å²) in [5, 5.41) is 7.08. The van der Waals surface area contributed by atoms with Gasteiger partial charge in [-0.05, 0) is 48.7 Å². The molecule has 29 heavy (non-hydrogen) atoms. The van der Waals surface area contributed by atoms with E-state index in [1.807, 2.05) is 0 Å². The zero-order chi connectivity index (χ0) is 20.9. The Bertz CT molecular complexity index is 1100. The molecule has 9 heteroatoms. The first-order valence-electron chi connectivity index (χ1n) is 8.68. The number of thiophene rings is 1. The van der Waals surface area contributed by atoms with E-state index in [1.54, 1.807) is 60.8 Å². The first-order valence-corrected chi connectivity index (χ1v) is 11.0. The molecule has 2 aromatic carbocycles. The number of hydrogen-bond donors (Lipinski definition) is 3. The SMILES string of the molecule is CC(NC(=O)c1cccs1)C(=O)Nc1cccc(NS(=O)(=O)c2ccccc2)c1. The van der Waals surface area contributed by atoms with Crippen molar-refractivity contribution in [2.45, 2.75) is 17.9 Å². The maximum atomic E-state index is 12.4. The molecule has 2 amide bonds. The predicted octanol–water partition coefficient (Wildman–Crippen LogP) is 3.31. The Kier molecular flexibility index (Phi) is 6.30. The Morgan fingerprint density at radius 1 is 0.931 bits per heavy atom. The summed E-state index contributed by atoms with van der Waals surface area (Å²) in [6.07, 6.45) is 0. The Morgan fingerprint density at radius 3 is 2.34 bits per heavy atom. The molecule has 3 aromatic rings. The fourth-order valence-electron chi connectivity index (χ4n) is 2.47. The van der Waals surface area contributed by atoms with Crippen molar-refractivity contribution in [3.8, 4) is 0 Å². The lowest BCUT2D eigenvalue weighted by molar-refractivity contribution is -0.117. The van der Waals surface area contributed by atoms with E-state index in [4.69, 9.17) is 0 Å². The van der Waals surface area contributed by atoms with Crippen LogP contribution in [-0.4, -0.2) is 26.3 Å². The summed E-state index contributed by atoms with van der Waals surface area (Å²) in [4.78, 5) is 25.1. The highest BCUT2D eigenvalue weighted by Gasteiger charge is 2.18. The van der Waals surface area contributed by atoms with E-state index in [-0.39, 0.29) is 10.8 Å². The van der Waals surface area contributed by atoms with Gasteiger partial charge in [0.05, 0.1) is 15.5 Å². The lowest BCUT2D eigenvalue weighted by Gasteiger charge is -2.14. The molecule has 3 N–H and O–H groups in total. The maximum absolute atomic E-state index is 12.4. The number of anilines is 2. The van der Waals surface area contributed by atoms with Gasteiger partial charge in [0, 0.05) is 5.69 Å². The lowest BCUT2D eigenvalue weighted by atomic mass is 10.2. The second-order valence-corrected chi connectivity index (χ2v) is 8.79. The van der Waals surface area contributed by atoms with Crippen molar-refractivity contribution in [1.29, 1.82) is 0 Å². The van der Waals surface area contributed by atoms with Crippen LogP contribution < -0.4 is 15.4 Å². The minimum atomic E-state index is -3.73. The number of nitrogens with one attached hydrogen (secondary N) is 3. The molecule has 0 aliphatic rings. The van der Waals surface area contributed by atoms with Crippen LogP contribution in [0.2, 0.25) is 0 Å². The molecule has 0 bridgehead atoms. The van der Waals surface area contributed by atoms with Gasteiger partial charge in [0.25, 0.3) is 15.9 Å². The number of sulfonamides is 1. The zero-order valence-electron chi connectivity index (χ0n) is 15.5. The average Bonchev–Trinajstić information content (AvgIpc) is 3.23. The minimum absolute atomic E-state index is 0.138. The fraction of sp³-hybridized carbons (Fsp3) is 0.100. The minimum Gasteiger partial charge on any atom is -0.340 e. The van der Waals surface area contributed by atoms with Gasteiger partial charge in [-0.25, -0.2) is 8.42 Å².